The fraction of sp³-hybridized carbons (Fsp3) is 0.364. The van der Waals surface area contributed by atoms with Gasteiger partial charge in [0.2, 0.25) is 0 Å². The van der Waals surface area contributed by atoms with Gasteiger partial charge in [-0.3, -0.25) is 4.79 Å². The number of nitrogens with two attached hydrogens (primary N) is 1. The van der Waals surface area contributed by atoms with Crippen LogP contribution in [0.5, 0.6) is 5.75 Å². The van der Waals surface area contributed by atoms with Crippen molar-refractivity contribution in [2.45, 2.75) is 13.0 Å². The van der Waals surface area contributed by atoms with Gasteiger partial charge in [-0.15, -0.1) is 0 Å². The van der Waals surface area contributed by atoms with E-state index in [9.17, 15) is 4.79 Å². The predicted molar refractivity (Wildman–Crippen MR) is 57.0 cm³/mol. The molecule has 1 aromatic carbocycles. The van der Waals surface area contributed by atoms with Crippen LogP contribution in [0.1, 0.15) is 17.3 Å². The Bertz CT molecular complexity index is 321. The maximum absolute atomic E-state index is 11.0. The van der Waals surface area contributed by atoms with E-state index < -0.39 is 6.10 Å². The van der Waals surface area contributed by atoms with E-state index >= 15 is 0 Å². The van der Waals surface area contributed by atoms with Crippen molar-refractivity contribution in [1.82, 2.24) is 0 Å². The van der Waals surface area contributed by atoms with E-state index in [4.69, 9.17) is 15.6 Å². The lowest BCUT2D eigenvalue weighted by Crippen LogP contribution is -2.26. The van der Waals surface area contributed by atoms with Crippen molar-refractivity contribution in [3.8, 4) is 5.75 Å². The number of benzene rings is 1. The molecule has 1 rings (SSSR count). The highest BCUT2D eigenvalue weighted by molar-refractivity contribution is 5.94. The lowest BCUT2D eigenvalue weighted by molar-refractivity contribution is 0.101. The van der Waals surface area contributed by atoms with Gasteiger partial charge >= 0.3 is 0 Å². The minimum Gasteiger partial charge on any atom is -0.491 e. The first-order valence-electron chi connectivity index (χ1n) is 4.75. The van der Waals surface area contributed by atoms with Gasteiger partial charge in [-0.25, -0.2) is 0 Å². The molecule has 0 radical (unpaired) electrons. The summed E-state index contributed by atoms with van der Waals surface area (Å²) < 4.78 is 5.25. The summed E-state index contributed by atoms with van der Waals surface area (Å²) in [5.41, 5.74) is 5.87. The zero-order valence-electron chi connectivity index (χ0n) is 8.64. The normalized spacial score (nSPS) is 12.2. The van der Waals surface area contributed by atoms with Crippen LogP contribution < -0.4 is 10.5 Å². The first kappa shape index (κ1) is 11.7. The number of carbonyl (C=O) groups is 1. The molecular weight excluding hydrogens is 194 g/mol. The van der Waals surface area contributed by atoms with Gasteiger partial charge in [0.15, 0.2) is 5.78 Å². The number of hydrogen-bond acceptors (Lipinski definition) is 4. The van der Waals surface area contributed by atoms with Crippen LogP contribution in [0, 0.1) is 0 Å². The minimum absolute atomic E-state index is 0.0172. The van der Waals surface area contributed by atoms with E-state index in [2.05, 4.69) is 0 Å². The average molecular weight is 209 g/mol. The lowest BCUT2D eigenvalue weighted by atomic mass is 10.1. The molecule has 0 aliphatic heterocycles. The molecule has 15 heavy (non-hydrogen) atoms. The second-order valence-corrected chi connectivity index (χ2v) is 3.28. The third-order valence-corrected chi connectivity index (χ3v) is 1.98. The Morgan fingerprint density at radius 1 is 1.47 bits per heavy atom. The Morgan fingerprint density at radius 2 is 2.07 bits per heavy atom. The number of Topliss-reactive ketones (excluding diaryl/α,β-unsaturated/α-hetero) is 1. The molecule has 0 aliphatic rings. The molecule has 4 heteroatoms. The average Bonchev–Trinajstić information content (AvgIpc) is 2.26. The molecule has 0 spiro atoms. The van der Waals surface area contributed by atoms with Crippen molar-refractivity contribution in [3.05, 3.63) is 29.8 Å². The summed E-state index contributed by atoms with van der Waals surface area (Å²) in [6, 6.07) is 6.76. The van der Waals surface area contributed by atoms with Gasteiger partial charge in [-0.2, -0.15) is 0 Å². The van der Waals surface area contributed by atoms with Gasteiger partial charge in [0.05, 0.1) is 0 Å². The van der Waals surface area contributed by atoms with Gasteiger partial charge in [0.1, 0.15) is 18.5 Å². The molecule has 0 amide bonds. The van der Waals surface area contributed by atoms with E-state index in [0.29, 0.717) is 11.3 Å². The Morgan fingerprint density at radius 3 is 2.53 bits per heavy atom. The van der Waals surface area contributed by atoms with Crippen LogP contribution in [0.4, 0.5) is 0 Å². The first-order valence-corrected chi connectivity index (χ1v) is 4.75. The zero-order valence-corrected chi connectivity index (χ0v) is 8.64. The number of rotatable bonds is 5. The SMILES string of the molecule is CC(=O)c1ccc(OCC(O)CN)cc1. The molecule has 0 saturated heterocycles. The molecule has 0 aliphatic carbocycles. The Balaban J connectivity index is 2.53. The van der Waals surface area contributed by atoms with Gasteiger partial charge in [0.25, 0.3) is 0 Å². The number of aliphatic hydroxyl groups is 1. The second-order valence-electron chi connectivity index (χ2n) is 3.28. The fourth-order valence-corrected chi connectivity index (χ4v) is 1.05. The summed E-state index contributed by atoms with van der Waals surface area (Å²) in [6.07, 6.45) is -0.655. The molecule has 1 aromatic rings. The van der Waals surface area contributed by atoms with Gasteiger partial charge in [0, 0.05) is 12.1 Å². The van der Waals surface area contributed by atoms with Crippen LogP contribution in [0.25, 0.3) is 0 Å². The van der Waals surface area contributed by atoms with Crippen LogP contribution in [0.2, 0.25) is 0 Å². The van der Waals surface area contributed by atoms with Crippen molar-refractivity contribution >= 4 is 5.78 Å². The highest BCUT2D eigenvalue weighted by Crippen LogP contribution is 2.12. The summed E-state index contributed by atoms with van der Waals surface area (Å²) in [5.74, 6) is 0.635. The van der Waals surface area contributed by atoms with Crippen LogP contribution in [0.15, 0.2) is 24.3 Å². The number of hydrogen-bond donors (Lipinski definition) is 2. The quantitative estimate of drug-likeness (QED) is 0.696. The van der Waals surface area contributed by atoms with Crippen molar-refractivity contribution in [2.75, 3.05) is 13.2 Å². The molecule has 3 N–H and O–H groups in total. The molecule has 1 unspecified atom stereocenters. The number of carbonyl (C=O) groups excluding carboxylic acids is 1. The maximum Gasteiger partial charge on any atom is 0.159 e. The largest absolute Gasteiger partial charge is 0.491 e. The fourth-order valence-electron chi connectivity index (χ4n) is 1.05. The number of ketones is 1. The Hall–Kier alpha value is -1.39. The van der Waals surface area contributed by atoms with E-state index in [1.165, 1.54) is 6.92 Å². The standard InChI is InChI=1S/C11H15NO3/c1-8(13)9-2-4-11(5-3-9)15-7-10(14)6-12/h2-5,10,14H,6-7,12H2,1H3. The summed E-state index contributed by atoms with van der Waals surface area (Å²) in [7, 11) is 0. The second kappa shape index (κ2) is 5.48. The van der Waals surface area contributed by atoms with Gasteiger partial charge in [-0.1, -0.05) is 0 Å². The zero-order chi connectivity index (χ0) is 11.3. The third-order valence-electron chi connectivity index (χ3n) is 1.98. The van der Waals surface area contributed by atoms with Crippen LogP contribution in [0.3, 0.4) is 0 Å². The third kappa shape index (κ3) is 3.69. The van der Waals surface area contributed by atoms with Crippen molar-refractivity contribution in [3.63, 3.8) is 0 Å². The summed E-state index contributed by atoms with van der Waals surface area (Å²) in [6.45, 7) is 1.84. The van der Waals surface area contributed by atoms with Crippen molar-refractivity contribution < 1.29 is 14.6 Å². The molecule has 82 valence electrons. The number of aliphatic hydroxyl groups excluding tert-OH is 1. The summed E-state index contributed by atoms with van der Waals surface area (Å²) >= 11 is 0. The van der Waals surface area contributed by atoms with E-state index in [0.717, 1.165) is 0 Å². The molecule has 0 aromatic heterocycles. The van der Waals surface area contributed by atoms with E-state index in [1.54, 1.807) is 24.3 Å². The summed E-state index contributed by atoms with van der Waals surface area (Å²) in [4.78, 5) is 11.0. The van der Waals surface area contributed by atoms with Gasteiger partial charge < -0.3 is 15.6 Å². The molecule has 0 heterocycles. The van der Waals surface area contributed by atoms with Crippen LogP contribution in [-0.2, 0) is 0 Å². The van der Waals surface area contributed by atoms with E-state index in [1.807, 2.05) is 0 Å². The molecular formula is C11H15NO3. The first-order chi connectivity index (χ1) is 7.13. The van der Waals surface area contributed by atoms with Crippen LogP contribution in [-0.4, -0.2) is 30.1 Å². The highest BCUT2D eigenvalue weighted by atomic mass is 16.5. The number of ether oxygens (including phenoxy) is 1. The van der Waals surface area contributed by atoms with Crippen LogP contribution >= 0.6 is 0 Å². The Kier molecular flexibility index (Phi) is 4.27. The van der Waals surface area contributed by atoms with E-state index in [-0.39, 0.29) is 18.9 Å². The molecule has 4 nitrogen and oxygen atoms in total. The highest BCUT2D eigenvalue weighted by Gasteiger charge is 2.03. The predicted octanol–water partition coefficient (Wildman–Crippen LogP) is 0.588. The van der Waals surface area contributed by atoms with Crippen molar-refractivity contribution in [1.29, 1.82) is 0 Å². The van der Waals surface area contributed by atoms with Gasteiger partial charge in [-0.05, 0) is 31.2 Å². The molecule has 1 atom stereocenters. The molecule has 0 saturated carbocycles. The minimum atomic E-state index is -0.655. The maximum atomic E-state index is 11.0. The molecule has 0 fully saturated rings. The Labute approximate surface area is 88.7 Å². The van der Waals surface area contributed by atoms with Crippen molar-refractivity contribution in [2.24, 2.45) is 5.73 Å². The molecule has 0 bridgehead atoms. The summed E-state index contributed by atoms with van der Waals surface area (Å²) in [5, 5.41) is 9.16. The topological polar surface area (TPSA) is 72.5 Å². The lowest BCUT2D eigenvalue weighted by Gasteiger charge is -2.10. The smallest absolute Gasteiger partial charge is 0.159 e. The monoisotopic (exact) mass is 209 g/mol.